The van der Waals surface area contributed by atoms with Crippen molar-refractivity contribution in [2.75, 3.05) is 7.05 Å². The maximum Gasteiger partial charge on any atom is 0.417 e. The average Bonchev–Trinajstić information content (AvgIpc) is 2.67. The Balaban J connectivity index is 2.14. The van der Waals surface area contributed by atoms with E-state index in [1.807, 2.05) is 0 Å². The number of H-pyrrole nitrogens is 1. The van der Waals surface area contributed by atoms with Gasteiger partial charge in [0, 0.05) is 13.6 Å². The van der Waals surface area contributed by atoms with E-state index in [1.54, 1.807) is 18.2 Å². The molecule has 0 bridgehead atoms. The van der Waals surface area contributed by atoms with Crippen molar-refractivity contribution in [3.8, 4) is 0 Å². The van der Waals surface area contributed by atoms with Crippen LogP contribution in [-0.4, -0.2) is 33.9 Å². The first-order chi connectivity index (χ1) is 8.95. The number of rotatable bonds is 4. The summed E-state index contributed by atoms with van der Waals surface area (Å²) in [5, 5.41) is 8.54. The van der Waals surface area contributed by atoms with Crippen molar-refractivity contribution in [1.29, 1.82) is 0 Å². The van der Waals surface area contributed by atoms with Crippen molar-refractivity contribution >= 4 is 23.0 Å². The Morgan fingerprint density at radius 3 is 2.84 bits per heavy atom. The fourth-order valence-corrected chi connectivity index (χ4v) is 1.72. The molecule has 0 aliphatic heterocycles. The molecule has 7 heteroatoms. The molecule has 0 saturated heterocycles. The minimum Gasteiger partial charge on any atom is -0.481 e. The molecule has 1 aromatic carbocycles. The van der Waals surface area contributed by atoms with Gasteiger partial charge in [-0.05, 0) is 17.7 Å². The van der Waals surface area contributed by atoms with Gasteiger partial charge < -0.3 is 14.4 Å². The van der Waals surface area contributed by atoms with Crippen LogP contribution in [0, 0.1) is 0 Å². The first-order valence-electron chi connectivity index (χ1n) is 5.53. The van der Waals surface area contributed by atoms with Crippen LogP contribution < -0.4 is 5.76 Å². The number of carbonyl (C=O) groups excluding carboxylic acids is 1. The predicted molar refractivity (Wildman–Crippen MR) is 65.6 cm³/mol. The van der Waals surface area contributed by atoms with Gasteiger partial charge in [-0.2, -0.15) is 0 Å². The monoisotopic (exact) mass is 264 g/mol. The molecule has 0 unspecified atom stereocenters. The van der Waals surface area contributed by atoms with Crippen molar-refractivity contribution in [1.82, 2.24) is 9.88 Å². The maximum absolute atomic E-state index is 11.5. The highest BCUT2D eigenvalue weighted by molar-refractivity contribution is 5.93. The summed E-state index contributed by atoms with van der Waals surface area (Å²) < 4.78 is 4.86. The second-order valence-corrected chi connectivity index (χ2v) is 4.17. The van der Waals surface area contributed by atoms with E-state index in [0.29, 0.717) is 11.1 Å². The lowest BCUT2D eigenvalue weighted by Crippen LogP contribution is -2.28. The molecule has 19 heavy (non-hydrogen) atoms. The number of aromatic nitrogens is 1. The van der Waals surface area contributed by atoms with Crippen molar-refractivity contribution in [2.45, 2.75) is 13.0 Å². The van der Waals surface area contributed by atoms with E-state index >= 15 is 0 Å². The smallest absolute Gasteiger partial charge is 0.417 e. The van der Waals surface area contributed by atoms with Crippen LogP contribution in [0.1, 0.15) is 12.0 Å². The van der Waals surface area contributed by atoms with Crippen LogP contribution >= 0.6 is 0 Å². The van der Waals surface area contributed by atoms with Gasteiger partial charge >= 0.3 is 11.7 Å². The van der Waals surface area contributed by atoms with Crippen LogP contribution in [0.2, 0.25) is 0 Å². The van der Waals surface area contributed by atoms with E-state index < -0.39 is 24.1 Å². The maximum atomic E-state index is 11.5. The fourth-order valence-electron chi connectivity index (χ4n) is 1.72. The molecule has 0 atom stereocenters. The number of fused-ring (bicyclic) bond motifs is 1. The van der Waals surface area contributed by atoms with Crippen molar-refractivity contribution in [3.63, 3.8) is 0 Å². The number of carboxylic acids is 1. The Bertz CT molecular complexity index is 685. The zero-order chi connectivity index (χ0) is 14.0. The summed E-state index contributed by atoms with van der Waals surface area (Å²) in [7, 11) is 1.52. The highest BCUT2D eigenvalue weighted by atomic mass is 16.4. The summed E-state index contributed by atoms with van der Waals surface area (Å²) >= 11 is 0. The Morgan fingerprint density at radius 2 is 2.16 bits per heavy atom. The number of carboxylic acid groups (broad SMARTS) is 1. The van der Waals surface area contributed by atoms with Crippen LogP contribution in [0.5, 0.6) is 0 Å². The zero-order valence-electron chi connectivity index (χ0n) is 10.2. The third-order valence-electron chi connectivity index (χ3n) is 2.63. The summed E-state index contributed by atoms with van der Waals surface area (Å²) in [5.74, 6) is -2.18. The Kier molecular flexibility index (Phi) is 3.37. The van der Waals surface area contributed by atoms with Gasteiger partial charge in [0.05, 0.1) is 5.52 Å². The number of nitrogens with zero attached hydrogens (tertiary/aromatic N) is 1. The molecule has 2 rings (SSSR count). The normalized spacial score (nSPS) is 10.6. The molecule has 0 radical (unpaired) electrons. The number of benzene rings is 1. The van der Waals surface area contributed by atoms with E-state index in [9.17, 15) is 14.4 Å². The second-order valence-electron chi connectivity index (χ2n) is 4.17. The summed E-state index contributed by atoms with van der Waals surface area (Å²) in [5.41, 5.74) is 1.75. The SMILES string of the molecule is CN(Cc1ccc2oc(=O)[nH]c2c1)C(=O)CC(=O)O. The molecular weight excluding hydrogens is 252 g/mol. The van der Waals surface area contributed by atoms with Gasteiger partial charge in [-0.25, -0.2) is 4.79 Å². The fraction of sp³-hybridized carbons (Fsp3) is 0.250. The summed E-state index contributed by atoms with van der Waals surface area (Å²) in [4.78, 5) is 36.8. The molecule has 1 heterocycles. The van der Waals surface area contributed by atoms with Gasteiger partial charge in [0.1, 0.15) is 6.42 Å². The highest BCUT2D eigenvalue weighted by Crippen LogP contribution is 2.13. The van der Waals surface area contributed by atoms with Crippen LogP contribution in [0.4, 0.5) is 0 Å². The third-order valence-corrected chi connectivity index (χ3v) is 2.63. The lowest BCUT2D eigenvalue weighted by atomic mass is 10.2. The molecule has 1 amide bonds. The Hall–Kier alpha value is -2.57. The predicted octanol–water partition coefficient (Wildman–Crippen LogP) is 0.554. The molecule has 0 fully saturated rings. The Labute approximate surface area is 107 Å². The number of aromatic amines is 1. The lowest BCUT2D eigenvalue weighted by molar-refractivity contribution is -0.143. The second kappa shape index (κ2) is 4.97. The van der Waals surface area contributed by atoms with E-state index in [2.05, 4.69) is 4.98 Å². The topological polar surface area (TPSA) is 104 Å². The molecule has 1 aromatic heterocycles. The third kappa shape index (κ3) is 3.01. The number of amides is 1. The average molecular weight is 264 g/mol. The number of hydrogen-bond acceptors (Lipinski definition) is 4. The first kappa shape index (κ1) is 12.9. The summed E-state index contributed by atoms with van der Waals surface area (Å²) in [6.45, 7) is 0.259. The largest absolute Gasteiger partial charge is 0.481 e. The minimum absolute atomic E-state index is 0.259. The van der Waals surface area contributed by atoms with Crippen LogP contribution in [0.3, 0.4) is 0 Å². The van der Waals surface area contributed by atoms with E-state index in [4.69, 9.17) is 9.52 Å². The summed E-state index contributed by atoms with van der Waals surface area (Å²) in [6.07, 6.45) is -0.540. The molecule has 2 N–H and O–H groups in total. The quantitative estimate of drug-likeness (QED) is 0.785. The molecule has 100 valence electrons. The van der Waals surface area contributed by atoms with Crippen molar-refractivity contribution in [2.24, 2.45) is 0 Å². The van der Waals surface area contributed by atoms with Crippen LogP contribution in [0.25, 0.3) is 11.1 Å². The number of hydrogen-bond donors (Lipinski definition) is 2. The lowest BCUT2D eigenvalue weighted by Gasteiger charge is -2.16. The molecule has 2 aromatic rings. The highest BCUT2D eigenvalue weighted by Gasteiger charge is 2.13. The van der Waals surface area contributed by atoms with E-state index in [0.717, 1.165) is 5.56 Å². The van der Waals surface area contributed by atoms with Gasteiger partial charge in [-0.3, -0.25) is 14.6 Å². The molecule has 0 spiro atoms. The van der Waals surface area contributed by atoms with Crippen LogP contribution in [0.15, 0.2) is 27.4 Å². The van der Waals surface area contributed by atoms with Crippen LogP contribution in [-0.2, 0) is 16.1 Å². The molecule has 0 aliphatic carbocycles. The molecular formula is C12H12N2O5. The first-order valence-corrected chi connectivity index (χ1v) is 5.53. The number of oxazole rings is 1. The van der Waals surface area contributed by atoms with Gasteiger partial charge in [0.15, 0.2) is 5.58 Å². The zero-order valence-corrected chi connectivity index (χ0v) is 10.2. The van der Waals surface area contributed by atoms with Gasteiger partial charge in [0.25, 0.3) is 0 Å². The van der Waals surface area contributed by atoms with Crippen molar-refractivity contribution < 1.29 is 19.1 Å². The number of aliphatic carboxylic acids is 1. The standard InChI is InChI=1S/C12H12N2O5/c1-14(10(15)5-11(16)17)6-7-2-3-9-8(4-7)13-12(18)19-9/h2-4H,5-6H2,1H3,(H,13,18)(H,16,17). The number of carbonyl (C=O) groups is 2. The van der Waals surface area contributed by atoms with Gasteiger partial charge in [-0.1, -0.05) is 6.07 Å². The van der Waals surface area contributed by atoms with Crippen molar-refractivity contribution in [3.05, 3.63) is 34.3 Å². The van der Waals surface area contributed by atoms with Gasteiger partial charge in [0.2, 0.25) is 5.91 Å². The van der Waals surface area contributed by atoms with Gasteiger partial charge in [-0.15, -0.1) is 0 Å². The Morgan fingerprint density at radius 1 is 1.42 bits per heavy atom. The number of nitrogens with one attached hydrogen (secondary N) is 1. The summed E-state index contributed by atoms with van der Waals surface area (Å²) in [6, 6.07) is 5.02. The molecule has 7 nitrogen and oxygen atoms in total. The van der Waals surface area contributed by atoms with E-state index in [-0.39, 0.29) is 6.54 Å². The van der Waals surface area contributed by atoms with E-state index in [1.165, 1.54) is 11.9 Å². The molecule has 0 saturated carbocycles. The minimum atomic E-state index is -1.16. The molecule has 0 aliphatic rings.